The molecular weight excluding hydrogens is 741 g/mol. The number of unbranched alkanes of at least 4 members (excludes halogenated alkanes) is 2. The number of quaternary nitrogens is 1. The molecule has 0 aliphatic carbocycles. The van der Waals surface area contributed by atoms with Gasteiger partial charge in [-0.15, -0.1) is 34.8 Å². The first-order valence-electron chi connectivity index (χ1n) is 17.8. The fourth-order valence-corrected chi connectivity index (χ4v) is 8.56. The Kier molecular flexibility index (Phi) is 18.5. The van der Waals surface area contributed by atoms with Gasteiger partial charge in [0.25, 0.3) is 0 Å². The quantitative estimate of drug-likeness (QED) is 0.0574. The van der Waals surface area contributed by atoms with Gasteiger partial charge in [-0.2, -0.15) is 0 Å². The second-order valence-electron chi connectivity index (χ2n) is 13.2. The Morgan fingerprint density at radius 3 is 1.92 bits per heavy atom. The van der Waals surface area contributed by atoms with Crippen molar-refractivity contribution in [3.05, 3.63) is 53.6 Å². The van der Waals surface area contributed by atoms with Crippen LogP contribution in [0.4, 0.5) is 5.69 Å². The monoisotopic (exact) mass is 806 g/mol. The second kappa shape index (κ2) is 20.6. The summed E-state index contributed by atoms with van der Waals surface area (Å²) < 4.78 is 45.1. The van der Waals surface area contributed by atoms with Gasteiger partial charge in [0.15, 0.2) is 0 Å². The molecule has 0 bridgehead atoms. The van der Waals surface area contributed by atoms with E-state index in [9.17, 15) is 14.2 Å². The lowest BCUT2D eigenvalue weighted by Gasteiger charge is -2.45. The molecule has 4 N–H and O–H groups in total. The van der Waals surface area contributed by atoms with E-state index in [1.807, 2.05) is 55.4 Å². The lowest BCUT2D eigenvalue weighted by molar-refractivity contribution is -0.923. The molecule has 2 aromatic rings. The zero-order valence-electron chi connectivity index (χ0n) is 30.6. The van der Waals surface area contributed by atoms with Crippen molar-refractivity contribution in [2.45, 2.75) is 95.6 Å². The number of halogens is 1. The second-order valence-corrected chi connectivity index (χ2v) is 15.0. The van der Waals surface area contributed by atoms with Crippen molar-refractivity contribution in [2.24, 2.45) is 0 Å². The topological polar surface area (TPSA) is 104 Å². The zero-order chi connectivity index (χ0) is 34.5. The first kappa shape index (κ1) is 43.0. The van der Waals surface area contributed by atoms with Gasteiger partial charge in [0.05, 0.1) is 62.6 Å². The van der Waals surface area contributed by atoms with Crippen LogP contribution in [-0.4, -0.2) is 104 Å². The zero-order valence-corrected chi connectivity index (χ0v) is 33.7. The minimum absolute atomic E-state index is 0. The predicted molar refractivity (Wildman–Crippen MR) is 210 cm³/mol. The number of aliphatic hydroxyl groups is 1. The van der Waals surface area contributed by atoms with Gasteiger partial charge in [-0.05, 0) is 75.1 Å². The minimum atomic E-state index is -3.38. The Labute approximate surface area is 309 Å². The molecular formula is C37H65IN3O6S+. The van der Waals surface area contributed by atoms with Gasteiger partial charge in [0.1, 0.15) is 18.9 Å². The maximum atomic E-state index is 12.4. The number of nitrogens with one attached hydrogen (secondary N) is 1. The lowest BCUT2D eigenvalue weighted by Crippen LogP contribution is -2.55. The average Bonchev–Trinajstić information content (AvgIpc) is 3.14. The average molecular weight is 807 g/mol. The van der Waals surface area contributed by atoms with Crippen molar-refractivity contribution in [1.82, 2.24) is 4.72 Å². The first-order chi connectivity index (χ1) is 22.5. The molecule has 0 aromatic heterocycles. The molecule has 3 rings (SSSR count). The van der Waals surface area contributed by atoms with Crippen LogP contribution in [0.1, 0.15) is 90.2 Å². The highest BCUT2D eigenvalue weighted by Gasteiger charge is 2.49. The third kappa shape index (κ3) is 11.2. The van der Waals surface area contributed by atoms with Gasteiger partial charge in [0, 0.05) is 25.7 Å². The molecule has 9 nitrogen and oxygen atoms in total. The fraction of sp³-hybridized carbons (Fsp3) is 0.676. The fourth-order valence-electron chi connectivity index (χ4n) is 6.79. The van der Waals surface area contributed by atoms with Crippen LogP contribution < -0.4 is 14.4 Å². The number of hydrogen-bond acceptors (Lipinski definition) is 8. The van der Waals surface area contributed by atoms with E-state index in [1.54, 1.807) is 6.07 Å². The molecule has 11 heteroatoms. The van der Waals surface area contributed by atoms with Crippen molar-refractivity contribution in [3.8, 4) is 5.75 Å². The summed E-state index contributed by atoms with van der Waals surface area (Å²) in [5, 5.41) is 12.4. The number of benzene rings is 2. The normalized spacial score (nSPS) is 19.1. The number of hydrogen-bond donors (Lipinski definition) is 4. The summed E-state index contributed by atoms with van der Waals surface area (Å²) in [7, 11) is 0.544. The van der Waals surface area contributed by atoms with E-state index in [1.165, 1.54) is 0 Å². The third-order valence-corrected chi connectivity index (χ3v) is 11.8. The summed E-state index contributed by atoms with van der Waals surface area (Å²) in [5.41, 5.74) is 1.72. The van der Waals surface area contributed by atoms with E-state index >= 15 is 0 Å². The van der Waals surface area contributed by atoms with Crippen LogP contribution in [0, 0.1) is 0 Å². The molecule has 48 heavy (non-hydrogen) atoms. The minimum Gasteiger partial charge on any atom is -0.491 e. The molecule has 2 aromatic carbocycles. The highest BCUT2D eigenvalue weighted by atomic mass is 127. The van der Waals surface area contributed by atoms with E-state index in [4.69, 9.17) is 14.2 Å². The molecule has 0 radical (unpaired) electrons. The SMILES string of the molecule is CCCCC1(CCCC)NS(O)(O)c2ccc(N(C)C)cc2[C@@H](c2ccc(OCCOCCOCC[N+](CC)(CC)CC)cc2)[C@H]1O.I. The number of nitrogens with zero attached hydrogens (tertiary/aromatic N) is 2. The molecule has 0 unspecified atom stereocenters. The molecule has 0 saturated carbocycles. The van der Waals surface area contributed by atoms with Crippen molar-refractivity contribution in [2.75, 3.05) is 78.2 Å². The Bertz CT molecular complexity index is 1180. The van der Waals surface area contributed by atoms with Crippen LogP contribution in [0.15, 0.2) is 47.4 Å². The van der Waals surface area contributed by atoms with Gasteiger partial charge in [-0.1, -0.05) is 51.7 Å². The van der Waals surface area contributed by atoms with Crippen molar-refractivity contribution in [3.63, 3.8) is 0 Å². The van der Waals surface area contributed by atoms with Crippen LogP contribution in [0.5, 0.6) is 5.75 Å². The van der Waals surface area contributed by atoms with Gasteiger partial charge in [0.2, 0.25) is 0 Å². The first-order valence-corrected chi connectivity index (χ1v) is 19.4. The number of likely N-dealkylation sites (N-methyl/N-ethyl adjacent to an activating group) is 1. The van der Waals surface area contributed by atoms with Crippen LogP contribution in [0.3, 0.4) is 0 Å². The number of anilines is 1. The number of rotatable bonds is 21. The van der Waals surface area contributed by atoms with E-state index in [2.05, 4.69) is 39.3 Å². The Hall–Kier alpha value is -1.16. The van der Waals surface area contributed by atoms with Crippen molar-refractivity contribution >= 4 is 40.4 Å². The highest BCUT2D eigenvalue weighted by molar-refractivity contribution is 14.0. The molecule has 1 aliphatic heterocycles. The molecule has 1 aliphatic rings. The van der Waals surface area contributed by atoms with Crippen LogP contribution in [0.2, 0.25) is 0 Å². The molecule has 2 atom stereocenters. The molecule has 0 amide bonds. The van der Waals surface area contributed by atoms with Crippen molar-refractivity contribution in [1.29, 1.82) is 0 Å². The maximum absolute atomic E-state index is 12.4. The number of fused-ring (bicyclic) bond motifs is 1. The van der Waals surface area contributed by atoms with Gasteiger partial charge < -0.3 is 28.7 Å². The van der Waals surface area contributed by atoms with Gasteiger partial charge >= 0.3 is 0 Å². The van der Waals surface area contributed by atoms with E-state index in [-0.39, 0.29) is 24.0 Å². The largest absolute Gasteiger partial charge is 0.491 e. The molecule has 0 saturated heterocycles. The summed E-state index contributed by atoms with van der Waals surface area (Å²) in [6.07, 6.45) is 4.04. The summed E-state index contributed by atoms with van der Waals surface area (Å²) in [6.45, 7) is 18.1. The van der Waals surface area contributed by atoms with Gasteiger partial charge in [-0.25, -0.2) is 4.72 Å². The number of aliphatic hydroxyl groups excluding tert-OH is 1. The standard InChI is InChI=1S/C37H63N3O6S.HI/c1-8-13-21-37(22-14-9-2)36(41)35(33-29-31(39(6)7)17-20-34(33)47(42,43)38-37)30-15-18-32(19-16-30)46-28-27-45-26-25-44-24-23-40(10-3,11-4)12-5;/h15-20,29,35-36,38,41H,8-14,21-28H2,1-7H3,(H-,42,43);1H/p+1/t35-,36-;/m1./s1. The third-order valence-electron chi connectivity index (χ3n) is 10.2. The van der Waals surface area contributed by atoms with Crippen LogP contribution >= 0.6 is 34.8 Å². The summed E-state index contributed by atoms with van der Waals surface area (Å²) in [6, 6.07) is 13.5. The molecule has 0 fully saturated rings. The molecule has 1 heterocycles. The summed E-state index contributed by atoms with van der Waals surface area (Å²) in [5.74, 6) is 0.255. The Morgan fingerprint density at radius 2 is 1.38 bits per heavy atom. The van der Waals surface area contributed by atoms with Gasteiger partial charge in [-0.3, -0.25) is 9.11 Å². The lowest BCUT2D eigenvalue weighted by atomic mass is 9.73. The smallest absolute Gasteiger partial charge is 0.119 e. The van der Waals surface area contributed by atoms with E-state index in [0.29, 0.717) is 44.2 Å². The maximum Gasteiger partial charge on any atom is 0.119 e. The summed E-state index contributed by atoms with van der Waals surface area (Å²) in [4.78, 5) is 2.44. The molecule has 0 spiro atoms. The predicted octanol–water partition coefficient (Wildman–Crippen LogP) is 7.90. The Balaban J connectivity index is 0.00000800. The van der Waals surface area contributed by atoms with Crippen molar-refractivity contribution < 1.29 is 32.9 Å². The Morgan fingerprint density at radius 1 is 0.812 bits per heavy atom. The highest BCUT2D eigenvalue weighted by Crippen LogP contribution is 2.57. The summed E-state index contributed by atoms with van der Waals surface area (Å²) >= 11 is 0. The van der Waals surface area contributed by atoms with Crippen LogP contribution in [-0.2, 0) is 9.47 Å². The van der Waals surface area contributed by atoms with E-state index < -0.39 is 28.3 Å². The number of ether oxygens (including phenoxy) is 3. The van der Waals surface area contributed by atoms with Crippen LogP contribution in [0.25, 0.3) is 0 Å². The van der Waals surface area contributed by atoms with E-state index in [0.717, 1.165) is 85.5 Å². The molecule has 276 valence electrons.